The Morgan fingerprint density at radius 3 is 2.41 bits per heavy atom. The molecule has 0 atom stereocenters. The summed E-state index contributed by atoms with van der Waals surface area (Å²) in [4.78, 5) is 9.52. The molecule has 0 aliphatic carbocycles. The number of anilines is 1. The molecule has 2 fully saturated rings. The molecule has 122 valence electrons. The normalized spacial score (nSPS) is 22.0. The van der Waals surface area contributed by atoms with Crippen LogP contribution in [-0.4, -0.2) is 54.8 Å². The van der Waals surface area contributed by atoms with Gasteiger partial charge in [0.15, 0.2) is 0 Å². The second-order valence-electron chi connectivity index (χ2n) is 7.48. The Kier molecular flexibility index (Phi) is 4.69. The first-order valence-electron chi connectivity index (χ1n) is 8.58. The van der Waals surface area contributed by atoms with Gasteiger partial charge in [-0.3, -0.25) is 4.90 Å². The van der Waals surface area contributed by atoms with Crippen LogP contribution in [0.2, 0.25) is 0 Å². The molecular formula is C18H29N3O. The number of aromatic nitrogens is 1. The van der Waals surface area contributed by atoms with Gasteiger partial charge in [0, 0.05) is 24.8 Å². The van der Waals surface area contributed by atoms with Gasteiger partial charge in [-0.25, -0.2) is 4.98 Å². The third-order valence-corrected chi connectivity index (χ3v) is 5.02. The molecule has 0 amide bonds. The van der Waals surface area contributed by atoms with Gasteiger partial charge < -0.3 is 9.64 Å². The fourth-order valence-electron chi connectivity index (χ4n) is 3.54. The molecule has 0 aromatic carbocycles. The van der Waals surface area contributed by atoms with Crippen LogP contribution in [0.1, 0.15) is 45.1 Å². The average molecular weight is 303 g/mol. The Morgan fingerprint density at radius 2 is 1.77 bits per heavy atom. The van der Waals surface area contributed by atoms with E-state index in [4.69, 9.17) is 4.74 Å². The zero-order valence-corrected chi connectivity index (χ0v) is 14.2. The number of nitrogens with zero attached hydrogens (tertiary/aromatic N) is 3. The fourth-order valence-corrected chi connectivity index (χ4v) is 3.54. The summed E-state index contributed by atoms with van der Waals surface area (Å²) in [7, 11) is 0. The van der Waals surface area contributed by atoms with Crippen LogP contribution in [0.25, 0.3) is 0 Å². The van der Waals surface area contributed by atoms with Crippen LogP contribution in [0.3, 0.4) is 0 Å². The molecule has 3 rings (SSSR count). The number of likely N-dealkylation sites (tertiary alicyclic amines) is 1. The van der Waals surface area contributed by atoms with E-state index < -0.39 is 0 Å². The van der Waals surface area contributed by atoms with Crippen LogP contribution >= 0.6 is 0 Å². The van der Waals surface area contributed by atoms with Crippen molar-refractivity contribution >= 4 is 5.82 Å². The zero-order chi connectivity index (χ0) is 15.6. The summed E-state index contributed by atoms with van der Waals surface area (Å²) >= 11 is 0. The van der Waals surface area contributed by atoms with Crippen molar-refractivity contribution in [1.82, 2.24) is 9.88 Å². The molecule has 22 heavy (non-hydrogen) atoms. The Balaban J connectivity index is 1.66. The molecule has 2 saturated heterocycles. The Morgan fingerprint density at radius 1 is 1.09 bits per heavy atom. The Hall–Kier alpha value is -1.13. The summed E-state index contributed by atoms with van der Waals surface area (Å²) in [5, 5.41) is 0. The second kappa shape index (κ2) is 6.55. The predicted molar refractivity (Wildman–Crippen MR) is 90.6 cm³/mol. The molecule has 0 spiro atoms. The number of piperidine rings is 1. The van der Waals surface area contributed by atoms with Gasteiger partial charge in [0.2, 0.25) is 0 Å². The molecule has 2 aliphatic heterocycles. The Labute approximate surface area is 134 Å². The molecule has 2 aliphatic rings. The van der Waals surface area contributed by atoms with Crippen LogP contribution in [-0.2, 0) is 4.74 Å². The monoisotopic (exact) mass is 303 g/mol. The molecule has 1 aromatic heterocycles. The molecule has 0 radical (unpaired) electrons. The minimum Gasteiger partial charge on any atom is -0.378 e. The molecule has 0 bridgehead atoms. The third-order valence-electron chi connectivity index (χ3n) is 5.02. The van der Waals surface area contributed by atoms with E-state index in [2.05, 4.69) is 47.7 Å². The zero-order valence-electron chi connectivity index (χ0n) is 14.2. The predicted octanol–water partition coefficient (Wildman–Crippen LogP) is 2.90. The number of pyridine rings is 1. The lowest BCUT2D eigenvalue weighted by Gasteiger charge is -2.41. The van der Waals surface area contributed by atoms with Gasteiger partial charge in [0.05, 0.1) is 13.2 Å². The van der Waals surface area contributed by atoms with Crippen LogP contribution < -0.4 is 4.90 Å². The van der Waals surface area contributed by atoms with Crippen molar-refractivity contribution in [2.45, 2.75) is 45.1 Å². The Bertz CT molecular complexity index is 483. The molecule has 4 nitrogen and oxygen atoms in total. The second-order valence-corrected chi connectivity index (χ2v) is 7.48. The molecule has 4 heteroatoms. The van der Waals surface area contributed by atoms with Crippen molar-refractivity contribution in [2.24, 2.45) is 0 Å². The maximum atomic E-state index is 5.44. The van der Waals surface area contributed by atoms with E-state index in [1.54, 1.807) is 0 Å². The summed E-state index contributed by atoms with van der Waals surface area (Å²) in [6.45, 7) is 12.9. The van der Waals surface area contributed by atoms with Crippen molar-refractivity contribution in [1.29, 1.82) is 0 Å². The van der Waals surface area contributed by atoms with Gasteiger partial charge in [-0.1, -0.05) is 0 Å². The fraction of sp³-hybridized carbons (Fsp3) is 0.722. The first-order valence-corrected chi connectivity index (χ1v) is 8.58. The van der Waals surface area contributed by atoms with Gasteiger partial charge in [-0.05, 0) is 70.3 Å². The van der Waals surface area contributed by atoms with Gasteiger partial charge in [-0.15, -0.1) is 0 Å². The first-order chi connectivity index (χ1) is 10.5. The van der Waals surface area contributed by atoms with E-state index in [9.17, 15) is 0 Å². The van der Waals surface area contributed by atoms with Crippen molar-refractivity contribution in [2.75, 3.05) is 44.3 Å². The summed E-state index contributed by atoms with van der Waals surface area (Å²) < 4.78 is 5.44. The van der Waals surface area contributed by atoms with E-state index in [0.717, 1.165) is 32.1 Å². The summed E-state index contributed by atoms with van der Waals surface area (Å²) in [5.74, 6) is 1.81. The first kappa shape index (κ1) is 15.8. The highest BCUT2D eigenvalue weighted by molar-refractivity contribution is 5.42. The van der Waals surface area contributed by atoms with Crippen molar-refractivity contribution in [3.8, 4) is 0 Å². The highest BCUT2D eigenvalue weighted by Gasteiger charge is 2.27. The van der Waals surface area contributed by atoms with E-state index in [1.165, 1.54) is 31.5 Å². The number of rotatable bonds is 2. The van der Waals surface area contributed by atoms with Crippen LogP contribution in [0.5, 0.6) is 0 Å². The van der Waals surface area contributed by atoms with Crippen LogP contribution in [0, 0.1) is 0 Å². The van der Waals surface area contributed by atoms with E-state index in [0.29, 0.717) is 11.5 Å². The molecule has 3 heterocycles. The molecule has 0 N–H and O–H groups in total. The molecule has 1 aromatic rings. The number of ether oxygens (including phenoxy) is 1. The third kappa shape index (κ3) is 3.61. The number of morpholine rings is 1. The molecule has 0 unspecified atom stereocenters. The van der Waals surface area contributed by atoms with Crippen LogP contribution in [0.15, 0.2) is 18.3 Å². The highest BCUT2D eigenvalue weighted by atomic mass is 16.5. The molecular weight excluding hydrogens is 274 g/mol. The maximum Gasteiger partial charge on any atom is 0.128 e. The van der Waals surface area contributed by atoms with E-state index in [1.807, 2.05) is 6.20 Å². The highest BCUT2D eigenvalue weighted by Crippen LogP contribution is 2.32. The number of hydrogen-bond acceptors (Lipinski definition) is 4. The van der Waals surface area contributed by atoms with Gasteiger partial charge in [-0.2, -0.15) is 0 Å². The van der Waals surface area contributed by atoms with Crippen molar-refractivity contribution < 1.29 is 4.74 Å². The topological polar surface area (TPSA) is 28.6 Å². The minimum atomic E-state index is 0.294. The lowest BCUT2D eigenvalue weighted by molar-refractivity contribution is 0.102. The van der Waals surface area contributed by atoms with E-state index >= 15 is 0 Å². The SMILES string of the molecule is CC(C)(C)N1CCC(c2ccnc(N3CCOCC3)c2)CC1. The van der Waals surface area contributed by atoms with Crippen LogP contribution in [0.4, 0.5) is 5.82 Å². The lowest BCUT2D eigenvalue weighted by atomic mass is 9.88. The number of hydrogen-bond donors (Lipinski definition) is 0. The smallest absolute Gasteiger partial charge is 0.128 e. The van der Waals surface area contributed by atoms with E-state index in [-0.39, 0.29) is 0 Å². The van der Waals surface area contributed by atoms with Gasteiger partial charge in [0.1, 0.15) is 5.82 Å². The lowest BCUT2D eigenvalue weighted by Crippen LogP contribution is -2.45. The maximum absolute atomic E-state index is 5.44. The van der Waals surface area contributed by atoms with Gasteiger partial charge >= 0.3 is 0 Å². The van der Waals surface area contributed by atoms with Gasteiger partial charge in [0.25, 0.3) is 0 Å². The summed E-state index contributed by atoms with van der Waals surface area (Å²) in [6, 6.07) is 4.52. The molecule has 0 saturated carbocycles. The largest absolute Gasteiger partial charge is 0.378 e. The summed E-state index contributed by atoms with van der Waals surface area (Å²) in [6.07, 6.45) is 4.49. The quantitative estimate of drug-likeness (QED) is 0.840. The summed E-state index contributed by atoms with van der Waals surface area (Å²) in [5.41, 5.74) is 1.76. The van der Waals surface area contributed by atoms with Crippen molar-refractivity contribution in [3.63, 3.8) is 0 Å². The standard InChI is InChI=1S/C18H29N3O/c1-18(2,3)21-8-5-15(6-9-21)16-4-7-19-17(14-16)20-10-12-22-13-11-20/h4,7,14-15H,5-6,8-13H2,1-3H3. The average Bonchev–Trinajstić information content (AvgIpc) is 2.55. The van der Waals surface area contributed by atoms with Crippen molar-refractivity contribution in [3.05, 3.63) is 23.9 Å². The minimum absolute atomic E-state index is 0.294.